The molecule has 0 aliphatic carbocycles. The average Bonchev–Trinajstić information content (AvgIpc) is 3.29. The number of anilines is 1. The lowest BCUT2D eigenvalue weighted by molar-refractivity contribution is 0.102. The van der Waals surface area contributed by atoms with Crippen LogP contribution in [0.5, 0.6) is 0 Å². The molecule has 0 aliphatic rings. The minimum atomic E-state index is -0.267. The van der Waals surface area contributed by atoms with Gasteiger partial charge in [-0.3, -0.25) is 4.79 Å². The van der Waals surface area contributed by atoms with E-state index < -0.39 is 0 Å². The molecule has 1 N–H and O–H groups in total. The number of benzene rings is 2. The number of nitriles is 1. The van der Waals surface area contributed by atoms with Crippen molar-refractivity contribution in [3.63, 3.8) is 0 Å². The summed E-state index contributed by atoms with van der Waals surface area (Å²) in [6.07, 6.45) is 0. The van der Waals surface area contributed by atoms with Gasteiger partial charge in [-0.1, -0.05) is 38.2 Å². The van der Waals surface area contributed by atoms with Crippen molar-refractivity contribution in [3.05, 3.63) is 70.9 Å². The lowest BCUT2D eigenvalue weighted by Crippen LogP contribution is -2.15. The Kier molecular flexibility index (Phi) is 4.88. The number of hydrogen-bond donors (Lipinski definition) is 1. The fraction of sp³-hybridized carbons (Fsp3) is 0.217. The third-order valence-corrected chi connectivity index (χ3v) is 5.77. The van der Waals surface area contributed by atoms with Crippen LogP contribution in [0.15, 0.2) is 48.5 Å². The zero-order chi connectivity index (χ0) is 21.5. The Morgan fingerprint density at radius 1 is 1.13 bits per heavy atom. The topological polar surface area (TPSA) is 83.6 Å². The van der Waals surface area contributed by atoms with Gasteiger partial charge in [-0.15, -0.1) is 0 Å². The van der Waals surface area contributed by atoms with E-state index in [2.05, 4.69) is 43.3 Å². The molecule has 1 amide bonds. The van der Waals surface area contributed by atoms with Gasteiger partial charge in [-0.25, -0.2) is 4.98 Å². The van der Waals surface area contributed by atoms with E-state index in [9.17, 15) is 4.79 Å². The van der Waals surface area contributed by atoms with Crippen molar-refractivity contribution in [3.8, 4) is 11.2 Å². The number of amides is 1. The molecular weight excluding hydrogens is 394 g/mol. The molecule has 4 aromatic rings. The van der Waals surface area contributed by atoms with Gasteiger partial charge >= 0.3 is 0 Å². The summed E-state index contributed by atoms with van der Waals surface area (Å²) in [7, 11) is 0. The summed E-state index contributed by atoms with van der Waals surface area (Å²) in [6.45, 7) is 8.43. The van der Waals surface area contributed by atoms with Crippen molar-refractivity contribution in [1.29, 1.82) is 5.26 Å². The van der Waals surface area contributed by atoms with Crippen molar-refractivity contribution >= 4 is 33.3 Å². The fourth-order valence-electron chi connectivity index (χ4n) is 3.09. The molecule has 7 heteroatoms. The Morgan fingerprint density at radius 3 is 2.53 bits per heavy atom. The van der Waals surface area contributed by atoms with E-state index in [1.165, 1.54) is 16.9 Å². The quantitative estimate of drug-likeness (QED) is 0.498. The van der Waals surface area contributed by atoms with E-state index in [0.717, 1.165) is 15.9 Å². The Bertz CT molecular complexity index is 1290. The third-order valence-electron chi connectivity index (χ3n) is 4.77. The van der Waals surface area contributed by atoms with Crippen molar-refractivity contribution in [2.24, 2.45) is 0 Å². The molecule has 0 unspecified atom stereocenters. The number of hydrogen-bond acceptors (Lipinski definition) is 5. The van der Waals surface area contributed by atoms with E-state index >= 15 is 0 Å². The molecule has 2 heterocycles. The minimum Gasteiger partial charge on any atom is -0.306 e. The summed E-state index contributed by atoms with van der Waals surface area (Å²) in [5, 5.41) is 17.1. The molecule has 6 nitrogen and oxygen atoms in total. The van der Waals surface area contributed by atoms with Crippen LogP contribution in [0.2, 0.25) is 0 Å². The first-order valence-electron chi connectivity index (χ1n) is 9.54. The van der Waals surface area contributed by atoms with Crippen LogP contribution in [0.1, 0.15) is 48.0 Å². The first kappa shape index (κ1) is 19.8. The molecule has 0 spiro atoms. The predicted molar refractivity (Wildman–Crippen MR) is 119 cm³/mol. The molecule has 150 valence electrons. The van der Waals surface area contributed by atoms with Gasteiger partial charge in [0.15, 0.2) is 0 Å². The van der Waals surface area contributed by atoms with E-state index in [1.807, 2.05) is 25.1 Å². The zero-order valence-corrected chi connectivity index (χ0v) is 18.0. The third kappa shape index (κ3) is 3.82. The van der Waals surface area contributed by atoms with Crippen LogP contribution in [0.3, 0.4) is 0 Å². The second kappa shape index (κ2) is 7.39. The average molecular weight is 416 g/mol. The fourth-order valence-corrected chi connectivity index (χ4v) is 4.06. The number of fused-ring (bicyclic) bond motifs is 1. The molecule has 4 rings (SSSR count). The number of carbonyl (C=O) groups excluding carboxylic acids is 1. The van der Waals surface area contributed by atoms with Gasteiger partial charge < -0.3 is 5.32 Å². The molecule has 0 saturated heterocycles. The van der Waals surface area contributed by atoms with Crippen molar-refractivity contribution in [1.82, 2.24) is 14.8 Å². The smallest absolute Gasteiger partial charge is 0.256 e. The molecular formula is C23H21N5OS. The van der Waals surface area contributed by atoms with Gasteiger partial charge in [0, 0.05) is 11.6 Å². The van der Waals surface area contributed by atoms with Gasteiger partial charge in [0.2, 0.25) is 5.13 Å². The van der Waals surface area contributed by atoms with Gasteiger partial charge in [-0.2, -0.15) is 15.0 Å². The summed E-state index contributed by atoms with van der Waals surface area (Å²) in [4.78, 5) is 17.4. The molecule has 0 atom stereocenters. The van der Waals surface area contributed by atoms with Gasteiger partial charge in [0.1, 0.15) is 5.82 Å². The molecule has 0 fully saturated rings. The van der Waals surface area contributed by atoms with Gasteiger partial charge in [-0.05, 0) is 54.3 Å². The minimum absolute atomic E-state index is 0.0564. The maximum atomic E-state index is 12.7. The molecule has 2 aromatic heterocycles. The summed E-state index contributed by atoms with van der Waals surface area (Å²) < 4.78 is 2.74. The molecule has 0 radical (unpaired) electrons. The highest BCUT2D eigenvalue weighted by atomic mass is 32.1. The highest BCUT2D eigenvalue weighted by Crippen LogP contribution is 2.31. The standard InChI is InChI=1S/C23H21N5OS/c1-14-11-20(26-21(29)16-7-5-15(13-24)6-8-16)28(27-14)22-25-18-10-9-17(23(2,3)4)12-19(18)30-22/h5-12H,1-4H3,(H,26,29). The van der Waals surface area contributed by atoms with Crippen molar-refractivity contribution < 1.29 is 4.79 Å². The largest absolute Gasteiger partial charge is 0.306 e. The SMILES string of the molecule is Cc1cc(NC(=O)c2ccc(C#N)cc2)n(-c2nc3ccc(C(C)(C)C)cc3s2)n1. The number of nitrogens with one attached hydrogen (secondary N) is 1. The number of carbonyl (C=O) groups is 1. The van der Waals surface area contributed by atoms with Crippen LogP contribution in [-0.2, 0) is 5.41 Å². The number of aryl methyl sites for hydroxylation is 1. The maximum Gasteiger partial charge on any atom is 0.256 e. The van der Waals surface area contributed by atoms with Crippen molar-refractivity contribution in [2.45, 2.75) is 33.1 Å². The van der Waals surface area contributed by atoms with E-state index in [1.54, 1.807) is 28.9 Å². The molecule has 2 aromatic carbocycles. The Hall–Kier alpha value is -3.50. The summed E-state index contributed by atoms with van der Waals surface area (Å²) >= 11 is 1.54. The van der Waals surface area contributed by atoms with Crippen molar-refractivity contribution in [2.75, 3.05) is 5.32 Å². The number of aromatic nitrogens is 3. The second-order valence-corrected chi connectivity index (χ2v) is 9.16. The number of nitrogens with zero attached hydrogens (tertiary/aromatic N) is 4. The van der Waals surface area contributed by atoms with Gasteiger partial charge in [0.05, 0.1) is 27.5 Å². The molecule has 0 saturated carbocycles. The zero-order valence-electron chi connectivity index (χ0n) is 17.2. The summed E-state index contributed by atoms with van der Waals surface area (Å²) in [5.74, 6) is 0.286. The number of thiazole rings is 1. The second-order valence-electron chi connectivity index (χ2n) is 8.15. The summed E-state index contributed by atoms with van der Waals surface area (Å²) in [6, 6.07) is 16.7. The Labute approximate surface area is 178 Å². The molecule has 0 bridgehead atoms. The maximum absolute atomic E-state index is 12.7. The predicted octanol–water partition coefficient (Wildman–Crippen LogP) is 5.21. The lowest BCUT2D eigenvalue weighted by Gasteiger charge is -2.18. The van der Waals surface area contributed by atoms with E-state index in [-0.39, 0.29) is 11.3 Å². The molecule has 30 heavy (non-hydrogen) atoms. The highest BCUT2D eigenvalue weighted by Gasteiger charge is 2.18. The van der Waals surface area contributed by atoms with E-state index in [4.69, 9.17) is 10.2 Å². The van der Waals surface area contributed by atoms with Crippen LogP contribution in [0, 0.1) is 18.3 Å². The van der Waals surface area contributed by atoms with Crippen LogP contribution in [0.4, 0.5) is 5.82 Å². The Morgan fingerprint density at radius 2 is 1.87 bits per heavy atom. The van der Waals surface area contributed by atoms with E-state index in [0.29, 0.717) is 22.1 Å². The van der Waals surface area contributed by atoms with Crippen LogP contribution in [0.25, 0.3) is 15.3 Å². The van der Waals surface area contributed by atoms with Gasteiger partial charge in [0.25, 0.3) is 5.91 Å². The van der Waals surface area contributed by atoms with Crippen LogP contribution < -0.4 is 5.32 Å². The first-order chi connectivity index (χ1) is 14.2. The van der Waals surface area contributed by atoms with Crippen LogP contribution in [-0.4, -0.2) is 20.7 Å². The van der Waals surface area contributed by atoms with Crippen LogP contribution >= 0.6 is 11.3 Å². The normalized spacial score (nSPS) is 11.4. The highest BCUT2D eigenvalue weighted by molar-refractivity contribution is 7.20. The lowest BCUT2D eigenvalue weighted by atomic mass is 9.87. The molecule has 0 aliphatic heterocycles. The number of rotatable bonds is 3. The monoisotopic (exact) mass is 415 g/mol. The first-order valence-corrected chi connectivity index (χ1v) is 10.4. The Balaban J connectivity index is 1.67. The summed E-state index contributed by atoms with van der Waals surface area (Å²) in [5.41, 5.74) is 3.97.